The van der Waals surface area contributed by atoms with Crippen LogP contribution in [0.5, 0.6) is 0 Å². The Morgan fingerprint density at radius 1 is 0.623 bits per heavy atom. The molecule has 0 aromatic rings. The zero-order chi connectivity index (χ0) is 39.3. The van der Waals surface area contributed by atoms with Crippen molar-refractivity contribution in [3.05, 3.63) is 12.2 Å². The van der Waals surface area contributed by atoms with E-state index in [0.29, 0.717) is 23.9 Å². The molecule has 0 aromatic carbocycles. The van der Waals surface area contributed by atoms with Crippen LogP contribution in [0.25, 0.3) is 0 Å². The van der Waals surface area contributed by atoms with E-state index in [2.05, 4.69) is 31.3 Å². The lowest BCUT2D eigenvalue weighted by atomic mass is 10.0. The van der Waals surface area contributed by atoms with Gasteiger partial charge in [-0.2, -0.15) is 0 Å². The number of nitrogens with one attached hydrogen (secondary N) is 1. The van der Waals surface area contributed by atoms with Crippen molar-refractivity contribution >= 4 is 13.7 Å². The van der Waals surface area contributed by atoms with Gasteiger partial charge in [-0.1, -0.05) is 180 Å². The quantitative estimate of drug-likeness (QED) is 0.0247. The molecule has 0 rings (SSSR count). The van der Waals surface area contributed by atoms with E-state index in [1.807, 2.05) is 21.1 Å². The number of carbonyl (C=O) groups is 1. The van der Waals surface area contributed by atoms with E-state index in [1.165, 1.54) is 141 Å². The SMILES string of the molecule is CCCCCCCC/C=C/CCCC[C@@H](O)[C@H](COP(=O)(O)OCC[N+](C)(C)C)NC(=O)CCCCCCCCCCCCCCCCCCCCC. The first-order valence-corrected chi connectivity index (χ1v) is 24.0. The Morgan fingerprint density at radius 2 is 1.02 bits per heavy atom. The first-order chi connectivity index (χ1) is 25.5. The highest BCUT2D eigenvalue weighted by molar-refractivity contribution is 7.47. The minimum absolute atomic E-state index is 0.0721. The van der Waals surface area contributed by atoms with Gasteiger partial charge in [0.25, 0.3) is 0 Å². The van der Waals surface area contributed by atoms with Gasteiger partial charge in [-0.15, -0.1) is 0 Å². The Labute approximate surface area is 329 Å². The lowest BCUT2D eigenvalue weighted by molar-refractivity contribution is -0.870. The fourth-order valence-electron chi connectivity index (χ4n) is 6.63. The summed E-state index contributed by atoms with van der Waals surface area (Å²) < 4.78 is 23.6. The van der Waals surface area contributed by atoms with Gasteiger partial charge in [0.2, 0.25) is 5.91 Å². The second kappa shape index (κ2) is 36.9. The van der Waals surface area contributed by atoms with Crippen molar-refractivity contribution in [2.45, 2.75) is 225 Å². The van der Waals surface area contributed by atoms with Gasteiger partial charge >= 0.3 is 7.82 Å². The van der Waals surface area contributed by atoms with Crippen LogP contribution in [0.2, 0.25) is 0 Å². The van der Waals surface area contributed by atoms with Gasteiger partial charge in [-0.25, -0.2) is 4.57 Å². The number of unbranched alkanes of at least 4 members (excludes halogenated alkanes) is 26. The summed E-state index contributed by atoms with van der Waals surface area (Å²) in [7, 11) is 1.61. The molecular formula is C44H90N2O6P+. The van der Waals surface area contributed by atoms with Gasteiger partial charge in [-0.3, -0.25) is 13.8 Å². The molecule has 0 saturated carbocycles. The van der Waals surface area contributed by atoms with Crippen LogP contribution in [0.1, 0.15) is 213 Å². The lowest BCUT2D eigenvalue weighted by Gasteiger charge is -2.26. The number of aliphatic hydroxyl groups excluding tert-OH is 1. The van der Waals surface area contributed by atoms with E-state index in [9.17, 15) is 19.4 Å². The van der Waals surface area contributed by atoms with Crippen LogP contribution in [0.4, 0.5) is 0 Å². The zero-order valence-corrected chi connectivity index (χ0v) is 36.7. The van der Waals surface area contributed by atoms with Crippen molar-refractivity contribution in [1.82, 2.24) is 5.32 Å². The molecule has 53 heavy (non-hydrogen) atoms. The van der Waals surface area contributed by atoms with Gasteiger partial charge in [0.1, 0.15) is 13.2 Å². The van der Waals surface area contributed by atoms with Crippen molar-refractivity contribution in [3.8, 4) is 0 Å². The Balaban J connectivity index is 4.30. The summed E-state index contributed by atoms with van der Waals surface area (Å²) in [5, 5.41) is 13.9. The molecule has 0 bridgehead atoms. The standard InChI is InChI=1S/C44H89N2O6P/c1-6-8-10-12-14-16-18-20-21-22-23-24-25-26-28-30-32-34-36-38-44(48)45-42(41-52-53(49,50)51-40-39-46(3,4)5)43(47)37-35-33-31-29-27-19-17-15-13-11-9-7-2/h27,29,42-43,47H,6-26,28,30-41H2,1-5H3,(H-,45,48,49,50)/p+1/b29-27+/t42-,43+/m0/s1. The molecule has 316 valence electrons. The topological polar surface area (TPSA) is 105 Å². The van der Waals surface area contributed by atoms with E-state index in [4.69, 9.17) is 9.05 Å². The van der Waals surface area contributed by atoms with Crippen molar-refractivity contribution in [1.29, 1.82) is 0 Å². The third-order valence-electron chi connectivity index (χ3n) is 10.3. The Kier molecular flexibility index (Phi) is 36.3. The number of quaternary nitrogens is 1. The molecule has 0 saturated heterocycles. The van der Waals surface area contributed by atoms with Crippen LogP contribution in [-0.4, -0.2) is 73.4 Å². The summed E-state index contributed by atoms with van der Waals surface area (Å²) in [5.74, 6) is -0.152. The molecule has 0 radical (unpaired) electrons. The molecule has 0 heterocycles. The zero-order valence-electron chi connectivity index (χ0n) is 35.8. The molecule has 1 amide bonds. The maximum atomic E-state index is 12.9. The molecule has 8 nitrogen and oxygen atoms in total. The second-order valence-corrected chi connectivity index (χ2v) is 18.2. The highest BCUT2D eigenvalue weighted by atomic mass is 31.2. The molecule has 0 aliphatic rings. The summed E-state index contributed by atoms with van der Waals surface area (Å²) in [5.41, 5.74) is 0. The van der Waals surface area contributed by atoms with Gasteiger partial charge in [-0.05, 0) is 38.5 Å². The predicted molar refractivity (Wildman–Crippen MR) is 226 cm³/mol. The van der Waals surface area contributed by atoms with Crippen molar-refractivity contribution < 1.29 is 32.9 Å². The van der Waals surface area contributed by atoms with Crippen LogP contribution in [0.15, 0.2) is 12.2 Å². The van der Waals surface area contributed by atoms with Gasteiger partial charge in [0, 0.05) is 6.42 Å². The molecule has 3 atom stereocenters. The number of allylic oxidation sites excluding steroid dienone is 2. The molecule has 3 N–H and O–H groups in total. The minimum atomic E-state index is -4.31. The molecule has 0 fully saturated rings. The summed E-state index contributed by atoms with van der Waals surface area (Å²) in [4.78, 5) is 23.1. The Morgan fingerprint density at radius 3 is 1.45 bits per heavy atom. The monoisotopic (exact) mass is 774 g/mol. The highest BCUT2D eigenvalue weighted by Gasteiger charge is 2.28. The third-order valence-corrected chi connectivity index (χ3v) is 11.2. The number of aliphatic hydroxyl groups is 1. The van der Waals surface area contributed by atoms with Crippen molar-refractivity contribution in [2.75, 3.05) is 40.9 Å². The normalized spacial score (nSPS) is 14.5. The minimum Gasteiger partial charge on any atom is -0.391 e. The number of carbonyl (C=O) groups excluding carboxylic acids is 1. The molecule has 0 aliphatic carbocycles. The van der Waals surface area contributed by atoms with E-state index in [0.717, 1.165) is 44.9 Å². The van der Waals surface area contributed by atoms with Crippen LogP contribution in [0, 0.1) is 0 Å². The smallest absolute Gasteiger partial charge is 0.391 e. The fourth-order valence-corrected chi connectivity index (χ4v) is 7.36. The van der Waals surface area contributed by atoms with Crippen LogP contribution >= 0.6 is 7.82 Å². The Bertz CT molecular complexity index is 880. The average Bonchev–Trinajstić information content (AvgIpc) is 3.10. The summed E-state index contributed by atoms with van der Waals surface area (Å²) in [6, 6.07) is -0.770. The largest absolute Gasteiger partial charge is 0.472 e. The average molecular weight is 774 g/mol. The number of likely N-dealkylation sites (N-methyl/N-ethyl adjacent to an activating group) is 1. The number of hydrogen-bond donors (Lipinski definition) is 3. The molecule has 9 heteroatoms. The van der Waals surface area contributed by atoms with Gasteiger partial charge in [0.15, 0.2) is 0 Å². The maximum absolute atomic E-state index is 12.9. The van der Waals surface area contributed by atoms with Crippen LogP contribution < -0.4 is 5.32 Å². The predicted octanol–water partition coefficient (Wildman–Crippen LogP) is 12.4. The number of nitrogens with zero attached hydrogens (tertiary/aromatic N) is 1. The van der Waals surface area contributed by atoms with E-state index < -0.39 is 20.0 Å². The first-order valence-electron chi connectivity index (χ1n) is 22.6. The highest BCUT2D eigenvalue weighted by Crippen LogP contribution is 2.43. The number of amides is 1. The summed E-state index contributed by atoms with van der Waals surface area (Å²) in [6.07, 6.45) is 41.0. The molecular weight excluding hydrogens is 683 g/mol. The molecule has 0 aliphatic heterocycles. The van der Waals surface area contributed by atoms with E-state index >= 15 is 0 Å². The fraction of sp³-hybridized carbons (Fsp3) is 0.932. The molecule has 0 aromatic heterocycles. The van der Waals surface area contributed by atoms with Crippen molar-refractivity contribution in [2.24, 2.45) is 0 Å². The number of rotatable bonds is 41. The van der Waals surface area contributed by atoms with Crippen LogP contribution in [-0.2, 0) is 18.4 Å². The van der Waals surface area contributed by atoms with Crippen molar-refractivity contribution in [3.63, 3.8) is 0 Å². The van der Waals surface area contributed by atoms with Crippen LogP contribution in [0.3, 0.4) is 0 Å². The molecule has 0 spiro atoms. The van der Waals surface area contributed by atoms with Gasteiger partial charge in [0.05, 0.1) is 39.9 Å². The van der Waals surface area contributed by atoms with Gasteiger partial charge < -0.3 is 19.8 Å². The maximum Gasteiger partial charge on any atom is 0.472 e. The second-order valence-electron chi connectivity index (χ2n) is 16.8. The number of phosphoric ester groups is 1. The lowest BCUT2D eigenvalue weighted by Crippen LogP contribution is -2.46. The Hall–Kier alpha value is -0.760. The number of hydrogen-bond acceptors (Lipinski definition) is 5. The first kappa shape index (κ1) is 52.2. The van der Waals surface area contributed by atoms with E-state index in [-0.39, 0.29) is 19.1 Å². The summed E-state index contributed by atoms with van der Waals surface area (Å²) >= 11 is 0. The van der Waals surface area contributed by atoms with E-state index in [1.54, 1.807) is 0 Å². The number of phosphoric acid groups is 1. The third kappa shape index (κ3) is 39.3. The summed E-state index contributed by atoms with van der Waals surface area (Å²) in [6.45, 7) is 4.87. The molecule has 1 unspecified atom stereocenters.